The summed E-state index contributed by atoms with van der Waals surface area (Å²) in [6, 6.07) is 0. The van der Waals surface area contributed by atoms with Crippen molar-refractivity contribution in [3.8, 4) is 0 Å². The lowest BCUT2D eigenvalue weighted by Crippen LogP contribution is -2.59. The topological polar surface area (TPSA) is 135 Å². The zero-order valence-electron chi connectivity index (χ0n) is 36.6. The van der Waals surface area contributed by atoms with Gasteiger partial charge in [0.2, 0.25) is 0 Å². The average Bonchev–Trinajstić information content (AvgIpc) is 3.21. The first kappa shape index (κ1) is 53.4. The van der Waals surface area contributed by atoms with Gasteiger partial charge in [-0.05, 0) is 44.9 Å². The summed E-state index contributed by atoms with van der Waals surface area (Å²) in [5.41, 5.74) is 0. The van der Waals surface area contributed by atoms with Crippen LogP contribution in [0.5, 0.6) is 0 Å². The summed E-state index contributed by atoms with van der Waals surface area (Å²) in [5.74, 6) is -0.314. The van der Waals surface area contributed by atoms with Crippen molar-refractivity contribution in [2.75, 3.05) is 26.4 Å². The van der Waals surface area contributed by atoms with Gasteiger partial charge < -0.3 is 39.4 Å². The number of hydrogen-bond donors (Lipinski definition) is 4. The number of carbonyl (C=O) groups is 1. The normalized spacial score (nSPS) is 20.7. The van der Waals surface area contributed by atoms with Gasteiger partial charge in [0.25, 0.3) is 0 Å². The predicted octanol–water partition coefficient (Wildman–Crippen LogP) is 10.8. The second-order valence-corrected chi connectivity index (χ2v) is 16.2. The van der Waals surface area contributed by atoms with Crippen molar-refractivity contribution in [3.05, 3.63) is 36.5 Å². The van der Waals surface area contributed by atoms with E-state index in [4.69, 9.17) is 18.9 Å². The first-order valence-electron chi connectivity index (χ1n) is 23.6. The van der Waals surface area contributed by atoms with E-state index in [2.05, 4.69) is 50.3 Å². The lowest BCUT2D eigenvalue weighted by molar-refractivity contribution is -0.305. The Morgan fingerprint density at radius 2 is 1.07 bits per heavy atom. The number of unbranched alkanes of at least 4 members (excludes halogenated alkanes) is 23. The molecule has 1 saturated heterocycles. The minimum absolute atomic E-state index is 0.114. The maximum Gasteiger partial charge on any atom is 0.306 e. The second-order valence-electron chi connectivity index (χ2n) is 16.2. The Bertz CT molecular complexity index is 968. The van der Waals surface area contributed by atoms with Crippen LogP contribution in [0.1, 0.15) is 200 Å². The molecule has 1 rings (SSSR count). The Morgan fingerprint density at radius 1 is 0.579 bits per heavy atom. The van der Waals surface area contributed by atoms with Crippen molar-refractivity contribution in [1.82, 2.24) is 0 Å². The van der Waals surface area contributed by atoms with Gasteiger partial charge >= 0.3 is 5.97 Å². The number of aliphatic hydroxyl groups excluding tert-OH is 4. The van der Waals surface area contributed by atoms with Crippen LogP contribution in [0.4, 0.5) is 0 Å². The summed E-state index contributed by atoms with van der Waals surface area (Å²) in [4.78, 5) is 12.8. The number of rotatable bonds is 40. The summed E-state index contributed by atoms with van der Waals surface area (Å²) in [6.07, 6.45) is 40.2. The van der Waals surface area contributed by atoms with Gasteiger partial charge in [0.1, 0.15) is 30.5 Å². The Balaban J connectivity index is 2.24. The van der Waals surface area contributed by atoms with E-state index in [0.717, 1.165) is 57.8 Å². The molecule has 1 heterocycles. The molecule has 57 heavy (non-hydrogen) atoms. The Labute approximate surface area is 349 Å². The standard InChI is InChI=1S/C48H88O9/c1-3-5-7-9-11-13-15-17-19-21-22-24-26-28-30-32-34-36-38-54-40-42(41-55-48-47(53)46(52)45(51)43(39-49)57-48)56-44(50)37-35-33-31-29-27-25-23-20-18-16-14-12-10-8-6-4-2/h5,7,11,13,17,19,42-43,45-49,51-53H,3-4,6,8-10,12,14-16,18,20-41H2,1-2H3/b7-5-,13-11-,19-17-. The van der Waals surface area contributed by atoms with Crippen molar-refractivity contribution in [1.29, 1.82) is 0 Å². The maximum absolute atomic E-state index is 12.8. The fraction of sp³-hybridized carbons (Fsp3) is 0.854. The predicted molar refractivity (Wildman–Crippen MR) is 233 cm³/mol. The molecule has 0 saturated carbocycles. The first-order chi connectivity index (χ1) is 27.9. The molecule has 1 fully saturated rings. The van der Waals surface area contributed by atoms with Gasteiger partial charge in [0.05, 0.1) is 19.8 Å². The van der Waals surface area contributed by atoms with Crippen molar-refractivity contribution in [3.63, 3.8) is 0 Å². The molecule has 0 spiro atoms. The summed E-state index contributed by atoms with van der Waals surface area (Å²) < 4.78 is 22.8. The van der Waals surface area contributed by atoms with Crippen LogP contribution >= 0.6 is 0 Å². The number of hydrogen-bond acceptors (Lipinski definition) is 9. The molecule has 9 nitrogen and oxygen atoms in total. The van der Waals surface area contributed by atoms with Crippen LogP contribution in [0, 0.1) is 0 Å². The van der Waals surface area contributed by atoms with Crippen LogP contribution in [0.3, 0.4) is 0 Å². The molecule has 9 heteroatoms. The Kier molecular flexibility index (Phi) is 37.4. The quantitative estimate of drug-likeness (QED) is 0.0271. The molecule has 6 unspecified atom stereocenters. The fourth-order valence-corrected chi connectivity index (χ4v) is 7.15. The van der Waals surface area contributed by atoms with Gasteiger partial charge in [-0.2, -0.15) is 0 Å². The van der Waals surface area contributed by atoms with Crippen LogP contribution in [0.2, 0.25) is 0 Å². The third-order valence-electron chi connectivity index (χ3n) is 10.8. The van der Waals surface area contributed by atoms with E-state index in [1.807, 2.05) is 0 Å². The molecule has 0 radical (unpaired) electrons. The zero-order chi connectivity index (χ0) is 41.4. The monoisotopic (exact) mass is 809 g/mol. The van der Waals surface area contributed by atoms with Crippen molar-refractivity contribution in [2.45, 2.75) is 237 Å². The summed E-state index contributed by atoms with van der Waals surface area (Å²) in [7, 11) is 0. The van der Waals surface area contributed by atoms with Crippen molar-refractivity contribution in [2.24, 2.45) is 0 Å². The maximum atomic E-state index is 12.8. The van der Waals surface area contributed by atoms with Crippen molar-refractivity contribution < 1.29 is 44.2 Å². The highest BCUT2D eigenvalue weighted by atomic mass is 16.7. The zero-order valence-corrected chi connectivity index (χ0v) is 36.6. The number of allylic oxidation sites excluding steroid dienone is 6. The van der Waals surface area contributed by atoms with E-state index >= 15 is 0 Å². The molecule has 1 aliphatic heterocycles. The van der Waals surface area contributed by atoms with Crippen LogP contribution in [-0.4, -0.2) is 89.6 Å². The molecule has 1 aliphatic rings. The highest BCUT2D eigenvalue weighted by molar-refractivity contribution is 5.69. The van der Waals surface area contributed by atoms with Crippen LogP contribution < -0.4 is 0 Å². The van der Waals surface area contributed by atoms with Gasteiger partial charge in [0, 0.05) is 13.0 Å². The molecule has 4 N–H and O–H groups in total. The van der Waals surface area contributed by atoms with E-state index in [1.165, 1.54) is 122 Å². The van der Waals surface area contributed by atoms with E-state index in [-0.39, 0.29) is 19.2 Å². The molecular formula is C48H88O9. The van der Waals surface area contributed by atoms with E-state index in [1.54, 1.807) is 0 Å². The molecule has 0 aromatic heterocycles. The highest BCUT2D eigenvalue weighted by Crippen LogP contribution is 2.23. The molecule has 0 amide bonds. The smallest absolute Gasteiger partial charge is 0.306 e. The number of esters is 1. The van der Waals surface area contributed by atoms with Crippen LogP contribution in [0.25, 0.3) is 0 Å². The van der Waals surface area contributed by atoms with Gasteiger partial charge in [0.15, 0.2) is 6.29 Å². The van der Waals surface area contributed by atoms with Crippen LogP contribution in [0.15, 0.2) is 36.5 Å². The molecule has 0 bridgehead atoms. The third-order valence-corrected chi connectivity index (χ3v) is 10.8. The summed E-state index contributed by atoms with van der Waals surface area (Å²) >= 11 is 0. The largest absolute Gasteiger partial charge is 0.457 e. The minimum Gasteiger partial charge on any atom is -0.457 e. The van der Waals surface area contributed by atoms with E-state index < -0.39 is 43.4 Å². The second kappa shape index (κ2) is 39.8. The first-order valence-corrected chi connectivity index (χ1v) is 23.6. The van der Waals surface area contributed by atoms with Gasteiger partial charge in [-0.1, -0.05) is 185 Å². The number of aliphatic hydroxyl groups is 4. The number of ether oxygens (including phenoxy) is 4. The lowest BCUT2D eigenvalue weighted by atomic mass is 9.99. The highest BCUT2D eigenvalue weighted by Gasteiger charge is 2.44. The Hall–Kier alpha value is -1.59. The molecule has 0 aromatic rings. The van der Waals surface area contributed by atoms with E-state index in [0.29, 0.717) is 13.0 Å². The SMILES string of the molecule is CC/C=C\C/C=C\C/C=C\CCCCCCCCCCOCC(COC1OC(CO)C(O)C(O)C1O)OC(=O)CCCCCCCCCCCCCCCCCC. The molecular weight excluding hydrogens is 721 g/mol. The van der Waals surface area contributed by atoms with E-state index in [9.17, 15) is 25.2 Å². The molecule has 0 aliphatic carbocycles. The molecule has 6 atom stereocenters. The van der Waals surface area contributed by atoms with Gasteiger partial charge in [-0.25, -0.2) is 0 Å². The summed E-state index contributed by atoms with van der Waals surface area (Å²) in [5, 5.41) is 40.1. The lowest BCUT2D eigenvalue weighted by Gasteiger charge is -2.39. The third kappa shape index (κ3) is 31.0. The molecule has 0 aromatic carbocycles. The van der Waals surface area contributed by atoms with Crippen LogP contribution in [-0.2, 0) is 23.7 Å². The fourth-order valence-electron chi connectivity index (χ4n) is 7.15. The molecule has 334 valence electrons. The van der Waals surface area contributed by atoms with Gasteiger partial charge in [-0.3, -0.25) is 4.79 Å². The number of carbonyl (C=O) groups excluding carboxylic acids is 1. The average molecular weight is 809 g/mol. The van der Waals surface area contributed by atoms with Gasteiger partial charge in [-0.15, -0.1) is 0 Å². The minimum atomic E-state index is -1.54. The Morgan fingerprint density at radius 3 is 1.61 bits per heavy atom. The van der Waals surface area contributed by atoms with Crippen molar-refractivity contribution >= 4 is 5.97 Å². The summed E-state index contributed by atoms with van der Waals surface area (Å²) in [6.45, 7) is 4.45.